The Morgan fingerprint density at radius 2 is 2.17 bits per heavy atom. The van der Waals surface area contributed by atoms with Crippen molar-refractivity contribution in [1.29, 1.82) is 0 Å². The highest BCUT2D eigenvalue weighted by Crippen LogP contribution is 2.33. The van der Waals surface area contributed by atoms with Gasteiger partial charge in [-0.25, -0.2) is 9.79 Å². The van der Waals surface area contributed by atoms with Gasteiger partial charge in [0.1, 0.15) is 11.8 Å². The normalized spacial score (nSPS) is 16.4. The Kier molecular flexibility index (Phi) is 5.48. The summed E-state index contributed by atoms with van der Waals surface area (Å²) in [5.41, 5.74) is 0.743. The number of esters is 1. The van der Waals surface area contributed by atoms with Gasteiger partial charge >= 0.3 is 5.97 Å². The van der Waals surface area contributed by atoms with E-state index in [2.05, 4.69) is 4.99 Å². The van der Waals surface area contributed by atoms with E-state index in [0.29, 0.717) is 32.2 Å². The molecule has 7 nitrogen and oxygen atoms in total. The van der Waals surface area contributed by atoms with Gasteiger partial charge in [0.05, 0.1) is 22.4 Å². The van der Waals surface area contributed by atoms with E-state index in [1.807, 2.05) is 48.6 Å². The molecule has 30 heavy (non-hydrogen) atoms. The molecule has 3 aromatic heterocycles. The molecule has 0 aromatic carbocycles. The highest BCUT2D eigenvalue weighted by molar-refractivity contribution is 7.10. The minimum atomic E-state index is -0.559. The van der Waals surface area contributed by atoms with Crippen molar-refractivity contribution in [3.05, 3.63) is 71.2 Å². The van der Waals surface area contributed by atoms with Crippen molar-refractivity contribution in [2.45, 2.75) is 19.9 Å². The summed E-state index contributed by atoms with van der Waals surface area (Å²) in [6.07, 6.45) is 1.71. The first-order valence-corrected chi connectivity index (χ1v) is 11.1. The third kappa shape index (κ3) is 3.54. The number of nitrogens with zero attached hydrogens (tertiary/aromatic N) is 3. The lowest BCUT2D eigenvalue weighted by molar-refractivity contribution is -0.139. The van der Waals surface area contributed by atoms with Crippen molar-refractivity contribution in [2.24, 2.45) is 4.99 Å². The van der Waals surface area contributed by atoms with Crippen LogP contribution in [-0.4, -0.2) is 31.2 Å². The van der Waals surface area contributed by atoms with Crippen LogP contribution in [0.1, 0.15) is 30.5 Å². The molecule has 156 valence electrons. The van der Waals surface area contributed by atoms with Gasteiger partial charge in [-0.05, 0) is 31.4 Å². The van der Waals surface area contributed by atoms with Gasteiger partial charge in [0.15, 0.2) is 10.7 Å². The monoisotopic (exact) mass is 443 g/mol. The van der Waals surface area contributed by atoms with Crippen molar-refractivity contribution in [3.63, 3.8) is 0 Å². The molecule has 4 rings (SSSR count). The maximum Gasteiger partial charge on any atom is 0.338 e. The highest BCUT2D eigenvalue weighted by atomic mass is 32.1. The molecule has 0 saturated heterocycles. The number of anilines is 1. The lowest BCUT2D eigenvalue weighted by Crippen LogP contribution is -2.39. The molecule has 0 unspecified atom stereocenters. The van der Waals surface area contributed by atoms with Crippen molar-refractivity contribution in [1.82, 2.24) is 4.57 Å². The molecule has 4 heterocycles. The number of aromatic nitrogens is 1. The Balaban J connectivity index is 1.90. The summed E-state index contributed by atoms with van der Waals surface area (Å²) in [5, 5.41) is 1.93. The van der Waals surface area contributed by atoms with E-state index in [4.69, 9.17) is 9.15 Å². The third-order valence-electron chi connectivity index (χ3n) is 4.66. The molecule has 0 radical (unpaired) electrons. The fourth-order valence-electron chi connectivity index (χ4n) is 3.30. The fourth-order valence-corrected chi connectivity index (χ4v) is 5.15. The molecular weight excluding hydrogens is 422 g/mol. The molecule has 0 bridgehead atoms. The Bertz CT molecular complexity index is 1290. The van der Waals surface area contributed by atoms with E-state index in [1.165, 1.54) is 22.7 Å². The SMILES string of the molecule is CCOC(=O)C1=C(C)N=c2s/c(=C\c3ccc(N(C)C)o3)c(=O)n2[C@@H]1c1cccs1. The molecule has 0 amide bonds. The molecule has 9 heteroatoms. The Labute approximate surface area is 180 Å². The van der Waals surface area contributed by atoms with Crippen LogP contribution >= 0.6 is 22.7 Å². The van der Waals surface area contributed by atoms with Gasteiger partial charge in [-0.2, -0.15) is 0 Å². The molecule has 0 saturated carbocycles. The molecular formula is C21H21N3O4S2. The third-order valence-corrected chi connectivity index (χ3v) is 6.56. The minimum absolute atomic E-state index is 0.214. The predicted octanol–water partition coefficient (Wildman–Crippen LogP) is 2.52. The van der Waals surface area contributed by atoms with Gasteiger partial charge in [0.25, 0.3) is 5.56 Å². The molecule has 0 N–H and O–H groups in total. The molecule has 3 aromatic rings. The van der Waals surface area contributed by atoms with Crippen molar-refractivity contribution < 1.29 is 13.9 Å². The number of ether oxygens (including phenoxy) is 1. The fraction of sp³-hybridized carbons (Fsp3) is 0.286. The van der Waals surface area contributed by atoms with Crippen LogP contribution in [0.2, 0.25) is 0 Å². The van der Waals surface area contributed by atoms with Gasteiger partial charge in [0.2, 0.25) is 0 Å². The van der Waals surface area contributed by atoms with Crippen LogP contribution in [0.15, 0.2) is 55.1 Å². The average molecular weight is 444 g/mol. The van der Waals surface area contributed by atoms with Gasteiger partial charge in [-0.1, -0.05) is 17.4 Å². The molecule has 0 fully saturated rings. The summed E-state index contributed by atoms with van der Waals surface area (Å²) in [6, 6.07) is 6.93. The number of rotatable bonds is 5. The number of thiazole rings is 1. The van der Waals surface area contributed by atoms with Crippen molar-refractivity contribution in [3.8, 4) is 0 Å². The molecule has 0 spiro atoms. The number of fused-ring (bicyclic) bond motifs is 1. The lowest BCUT2D eigenvalue weighted by Gasteiger charge is -2.23. The molecule has 1 aliphatic rings. The second kappa shape index (κ2) is 8.08. The zero-order valence-corrected chi connectivity index (χ0v) is 18.7. The Morgan fingerprint density at radius 1 is 1.37 bits per heavy atom. The van der Waals surface area contributed by atoms with Crippen LogP contribution in [0.5, 0.6) is 0 Å². The molecule has 0 aliphatic carbocycles. The van der Waals surface area contributed by atoms with Gasteiger partial charge in [-0.3, -0.25) is 9.36 Å². The van der Waals surface area contributed by atoms with E-state index in [0.717, 1.165) is 4.88 Å². The van der Waals surface area contributed by atoms with Gasteiger partial charge in [0, 0.05) is 31.1 Å². The van der Waals surface area contributed by atoms with E-state index in [-0.39, 0.29) is 12.2 Å². The topological polar surface area (TPSA) is 77.0 Å². The first-order chi connectivity index (χ1) is 14.4. The Hall–Kier alpha value is -2.91. The number of carbonyl (C=O) groups is 1. The second-order valence-corrected chi connectivity index (χ2v) is 8.88. The van der Waals surface area contributed by atoms with Crippen molar-refractivity contribution in [2.75, 3.05) is 25.6 Å². The zero-order chi connectivity index (χ0) is 21.4. The standard InChI is InChI=1S/C21H21N3O4S2/c1-5-27-20(26)17-12(2)22-21-24(18(17)14-7-6-10-29-14)19(25)15(30-21)11-13-8-9-16(28-13)23(3)4/h6-11,18H,5H2,1-4H3/b15-11-/t18-/m1/s1. The number of hydrogen-bond acceptors (Lipinski definition) is 8. The maximum absolute atomic E-state index is 13.4. The van der Waals surface area contributed by atoms with Crippen LogP contribution in [0, 0.1) is 0 Å². The van der Waals surface area contributed by atoms with Crippen LogP contribution < -0.4 is 19.8 Å². The van der Waals surface area contributed by atoms with E-state index in [1.54, 1.807) is 24.5 Å². The minimum Gasteiger partial charge on any atom is -0.463 e. The quantitative estimate of drug-likeness (QED) is 0.567. The van der Waals surface area contributed by atoms with E-state index in [9.17, 15) is 9.59 Å². The van der Waals surface area contributed by atoms with Gasteiger partial charge in [-0.15, -0.1) is 11.3 Å². The smallest absolute Gasteiger partial charge is 0.338 e. The van der Waals surface area contributed by atoms with E-state index >= 15 is 0 Å². The molecule has 1 atom stereocenters. The summed E-state index contributed by atoms with van der Waals surface area (Å²) < 4.78 is 13.1. The van der Waals surface area contributed by atoms with E-state index < -0.39 is 12.0 Å². The summed E-state index contributed by atoms with van der Waals surface area (Å²) in [5.74, 6) is 0.831. The highest BCUT2D eigenvalue weighted by Gasteiger charge is 2.33. The van der Waals surface area contributed by atoms with Gasteiger partial charge < -0.3 is 14.1 Å². The van der Waals surface area contributed by atoms with Crippen LogP contribution in [-0.2, 0) is 9.53 Å². The first kappa shape index (κ1) is 20.4. The lowest BCUT2D eigenvalue weighted by atomic mass is 10.0. The van der Waals surface area contributed by atoms with Crippen LogP contribution in [0.25, 0.3) is 6.08 Å². The number of thiophene rings is 1. The summed E-state index contributed by atoms with van der Waals surface area (Å²) in [4.78, 5) is 33.9. The number of furan rings is 1. The first-order valence-electron chi connectivity index (χ1n) is 9.41. The summed E-state index contributed by atoms with van der Waals surface area (Å²) >= 11 is 2.77. The number of allylic oxidation sites excluding steroid dienone is 1. The molecule has 1 aliphatic heterocycles. The average Bonchev–Trinajstić information content (AvgIpc) is 3.43. The number of carbonyl (C=O) groups excluding carboxylic acids is 1. The van der Waals surface area contributed by atoms with Crippen LogP contribution in [0.4, 0.5) is 5.88 Å². The maximum atomic E-state index is 13.4. The zero-order valence-electron chi connectivity index (χ0n) is 17.0. The number of hydrogen-bond donors (Lipinski definition) is 0. The predicted molar refractivity (Wildman–Crippen MR) is 118 cm³/mol. The second-order valence-electron chi connectivity index (χ2n) is 6.89. The Morgan fingerprint density at radius 3 is 2.80 bits per heavy atom. The van der Waals surface area contributed by atoms with Crippen molar-refractivity contribution >= 4 is 40.6 Å². The van der Waals surface area contributed by atoms with Crippen LogP contribution in [0.3, 0.4) is 0 Å². The summed E-state index contributed by atoms with van der Waals surface area (Å²) in [6.45, 7) is 3.79. The largest absolute Gasteiger partial charge is 0.463 e. The summed E-state index contributed by atoms with van der Waals surface area (Å²) in [7, 11) is 3.77.